The summed E-state index contributed by atoms with van der Waals surface area (Å²) in [5, 5.41) is 21.5. The Morgan fingerprint density at radius 2 is 1.68 bits per heavy atom. The molecular weight excluding hydrogens is 474 g/mol. The molecule has 0 aliphatic carbocycles. The molecular formula is C30H25N7O. The van der Waals surface area contributed by atoms with E-state index in [9.17, 15) is 5.11 Å². The van der Waals surface area contributed by atoms with E-state index in [1.807, 2.05) is 83.4 Å². The predicted octanol–water partition coefficient (Wildman–Crippen LogP) is 5.09. The maximum Gasteiger partial charge on any atom is 0.225 e. The molecule has 0 amide bonds. The molecule has 0 aliphatic rings. The standard InChI is InChI=1S/C30H25N7O/c38-19-23-9-4-5-10-24(23)26-18-29(35-30(34-26)31-16-14-21-7-2-1-3-8-21)37-20-32-27-17-22(12-13-28(27)37)25-11-6-15-33-36-25/h1-13,15,17-18,20,38H,14,16,19H2,(H,31,34,35). The van der Waals surface area contributed by atoms with Crippen molar-refractivity contribution in [3.63, 3.8) is 0 Å². The molecule has 6 aromatic rings. The fraction of sp³-hybridized carbons (Fsp3) is 0.100. The molecule has 0 bridgehead atoms. The van der Waals surface area contributed by atoms with E-state index in [-0.39, 0.29) is 6.61 Å². The van der Waals surface area contributed by atoms with Crippen LogP contribution in [0.1, 0.15) is 11.1 Å². The molecule has 0 unspecified atom stereocenters. The molecule has 0 spiro atoms. The first-order valence-corrected chi connectivity index (χ1v) is 12.4. The van der Waals surface area contributed by atoms with Gasteiger partial charge in [0, 0.05) is 29.9 Å². The van der Waals surface area contributed by atoms with E-state index in [1.165, 1.54) is 5.56 Å². The quantitative estimate of drug-likeness (QED) is 0.301. The van der Waals surface area contributed by atoms with Crippen molar-refractivity contribution in [2.24, 2.45) is 0 Å². The Hall–Kier alpha value is -4.95. The molecule has 3 aromatic heterocycles. The minimum Gasteiger partial charge on any atom is -0.392 e. The van der Waals surface area contributed by atoms with Crippen molar-refractivity contribution in [3.8, 4) is 28.3 Å². The lowest BCUT2D eigenvalue weighted by Crippen LogP contribution is -2.10. The zero-order valence-corrected chi connectivity index (χ0v) is 20.6. The first-order valence-electron chi connectivity index (χ1n) is 12.4. The number of imidazole rings is 1. The Labute approximate surface area is 219 Å². The maximum atomic E-state index is 9.95. The Balaban J connectivity index is 1.39. The van der Waals surface area contributed by atoms with Crippen molar-refractivity contribution in [1.29, 1.82) is 0 Å². The highest BCUT2D eigenvalue weighted by molar-refractivity contribution is 5.82. The van der Waals surface area contributed by atoms with Crippen LogP contribution in [0, 0.1) is 0 Å². The molecule has 0 radical (unpaired) electrons. The topological polar surface area (TPSA) is 102 Å². The lowest BCUT2D eigenvalue weighted by molar-refractivity contribution is 0.282. The van der Waals surface area contributed by atoms with Gasteiger partial charge in [0.2, 0.25) is 5.95 Å². The fourth-order valence-corrected chi connectivity index (χ4v) is 4.46. The lowest BCUT2D eigenvalue weighted by Gasteiger charge is -2.13. The van der Waals surface area contributed by atoms with E-state index < -0.39 is 0 Å². The third kappa shape index (κ3) is 4.85. The van der Waals surface area contributed by atoms with Gasteiger partial charge in [-0.15, -0.1) is 0 Å². The number of anilines is 1. The van der Waals surface area contributed by atoms with Crippen molar-refractivity contribution < 1.29 is 5.11 Å². The molecule has 6 rings (SSSR count). The number of nitrogens with zero attached hydrogens (tertiary/aromatic N) is 6. The fourth-order valence-electron chi connectivity index (χ4n) is 4.46. The normalized spacial score (nSPS) is 11.1. The Morgan fingerprint density at radius 3 is 2.53 bits per heavy atom. The van der Waals surface area contributed by atoms with Gasteiger partial charge in [-0.05, 0) is 41.8 Å². The molecule has 8 heteroatoms. The number of benzene rings is 3. The second-order valence-electron chi connectivity index (χ2n) is 8.84. The molecule has 38 heavy (non-hydrogen) atoms. The van der Waals surface area contributed by atoms with E-state index in [0.29, 0.717) is 18.3 Å². The molecule has 0 saturated heterocycles. The molecule has 3 aromatic carbocycles. The number of hydrogen-bond acceptors (Lipinski definition) is 7. The van der Waals surface area contributed by atoms with Crippen molar-refractivity contribution in [2.45, 2.75) is 13.0 Å². The number of aliphatic hydroxyl groups is 1. The highest BCUT2D eigenvalue weighted by Crippen LogP contribution is 2.28. The monoisotopic (exact) mass is 499 g/mol. The minimum atomic E-state index is -0.0779. The molecule has 0 saturated carbocycles. The summed E-state index contributed by atoms with van der Waals surface area (Å²) in [4.78, 5) is 14.3. The molecule has 0 fully saturated rings. The molecule has 0 aliphatic heterocycles. The molecule has 3 heterocycles. The smallest absolute Gasteiger partial charge is 0.225 e. The summed E-state index contributed by atoms with van der Waals surface area (Å²) in [6.45, 7) is 0.603. The van der Waals surface area contributed by atoms with Gasteiger partial charge in [-0.1, -0.05) is 60.7 Å². The van der Waals surface area contributed by atoms with Crippen LogP contribution in [-0.2, 0) is 13.0 Å². The van der Waals surface area contributed by atoms with E-state index in [2.05, 4.69) is 32.6 Å². The molecule has 0 atom stereocenters. The number of rotatable bonds is 8. The first-order chi connectivity index (χ1) is 18.8. The van der Waals surface area contributed by atoms with Crippen molar-refractivity contribution in [3.05, 3.63) is 115 Å². The molecule has 186 valence electrons. The van der Waals surface area contributed by atoms with E-state index in [0.717, 1.165) is 45.5 Å². The minimum absolute atomic E-state index is 0.0779. The van der Waals surface area contributed by atoms with Gasteiger partial charge in [0.25, 0.3) is 0 Å². The number of nitrogens with one attached hydrogen (secondary N) is 1. The van der Waals surface area contributed by atoms with E-state index >= 15 is 0 Å². The zero-order valence-electron chi connectivity index (χ0n) is 20.6. The number of fused-ring (bicyclic) bond motifs is 1. The summed E-state index contributed by atoms with van der Waals surface area (Å²) in [7, 11) is 0. The van der Waals surface area contributed by atoms with Crippen LogP contribution >= 0.6 is 0 Å². The SMILES string of the molecule is OCc1ccccc1-c1cc(-n2cnc3cc(-c4cccnn4)ccc32)nc(NCCc2ccccc2)n1. The highest BCUT2D eigenvalue weighted by Gasteiger charge is 2.14. The lowest BCUT2D eigenvalue weighted by atomic mass is 10.0. The largest absolute Gasteiger partial charge is 0.392 e. The Kier molecular flexibility index (Phi) is 6.53. The maximum absolute atomic E-state index is 9.95. The van der Waals surface area contributed by atoms with Gasteiger partial charge >= 0.3 is 0 Å². The van der Waals surface area contributed by atoms with Crippen molar-refractivity contribution >= 4 is 17.0 Å². The van der Waals surface area contributed by atoms with Gasteiger partial charge in [-0.2, -0.15) is 15.2 Å². The molecule has 2 N–H and O–H groups in total. The number of aromatic nitrogens is 6. The van der Waals surface area contributed by atoms with E-state index in [1.54, 1.807) is 12.5 Å². The summed E-state index contributed by atoms with van der Waals surface area (Å²) in [6, 6.07) is 29.8. The van der Waals surface area contributed by atoms with Crippen LogP contribution < -0.4 is 5.32 Å². The van der Waals surface area contributed by atoms with E-state index in [4.69, 9.17) is 9.97 Å². The summed E-state index contributed by atoms with van der Waals surface area (Å²) in [5.41, 5.74) is 7.09. The molecule has 8 nitrogen and oxygen atoms in total. The highest BCUT2D eigenvalue weighted by atomic mass is 16.3. The summed E-state index contributed by atoms with van der Waals surface area (Å²) >= 11 is 0. The van der Waals surface area contributed by atoms with Crippen LogP contribution in [0.2, 0.25) is 0 Å². The third-order valence-electron chi connectivity index (χ3n) is 6.38. The van der Waals surface area contributed by atoms with Gasteiger partial charge in [0.05, 0.1) is 29.0 Å². The van der Waals surface area contributed by atoms with Crippen LogP contribution in [-0.4, -0.2) is 41.4 Å². The average Bonchev–Trinajstić information content (AvgIpc) is 3.41. The van der Waals surface area contributed by atoms with Crippen molar-refractivity contribution in [2.75, 3.05) is 11.9 Å². The second-order valence-corrected chi connectivity index (χ2v) is 8.84. The first kappa shape index (κ1) is 23.4. The second kappa shape index (κ2) is 10.6. The van der Waals surface area contributed by atoms with Gasteiger partial charge in [-0.3, -0.25) is 4.57 Å². The zero-order chi connectivity index (χ0) is 25.7. The number of hydrogen-bond donors (Lipinski definition) is 2. The summed E-state index contributed by atoms with van der Waals surface area (Å²) < 4.78 is 1.95. The van der Waals surface area contributed by atoms with Gasteiger partial charge in [0.15, 0.2) is 0 Å². The van der Waals surface area contributed by atoms with Crippen LogP contribution in [0.5, 0.6) is 0 Å². The van der Waals surface area contributed by atoms with Gasteiger partial charge in [-0.25, -0.2) is 9.97 Å². The number of aliphatic hydroxyl groups excluding tert-OH is 1. The summed E-state index contributed by atoms with van der Waals surface area (Å²) in [6.07, 6.45) is 4.27. The Morgan fingerprint density at radius 1 is 0.816 bits per heavy atom. The third-order valence-corrected chi connectivity index (χ3v) is 6.38. The Bertz CT molecular complexity index is 1680. The van der Waals surface area contributed by atoms with Crippen LogP contribution in [0.25, 0.3) is 39.4 Å². The van der Waals surface area contributed by atoms with Crippen molar-refractivity contribution in [1.82, 2.24) is 29.7 Å². The predicted molar refractivity (Wildman–Crippen MR) is 148 cm³/mol. The van der Waals surface area contributed by atoms with Gasteiger partial charge < -0.3 is 10.4 Å². The van der Waals surface area contributed by atoms with Gasteiger partial charge in [0.1, 0.15) is 12.1 Å². The van der Waals surface area contributed by atoms with Crippen LogP contribution in [0.3, 0.4) is 0 Å². The summed E-state index contributed by atoms with van der Waals surface area (Å²) in [5.74, 6) is 1.19. The van der Waals surface area contributed by atoms with Crippen LogP contribution in [0.15, 0.2) is 104 Å². The average molecular weight is 500 g/mol. The van der Waals surface area contributed by atoms with Crippen LogP contribution in [0.4, 0.5) is 5.95 Å².